The minimum absolute atomic E-state index is 0.135. The molecule has 4 aromatic rings. The summed E-state index contributed by atoms with van der Waals surface area (Å²) in [6, 6.07) is 21.1. The van der Waals surface area contributed by atoms with Gasteiger partial charge in [0.15, 0.2) is 5.58 Å². The van der Waals surface area contributed by atoms with Crippen LogP contribution in [0.5, 0.6) is 0 Å². The van der Waals surface area contributed by atoms with Crippen LogP contribution in [0.1, 0.15) is 44.9 Å². The van der Waals surface area contributed by atoms with Gasteiger partial charge in [-0.15, -0.1) is 0 Å². The summed E-state index contributed by atoms with van der Waals surface area (Å²) >= 11 is 0. The van der Waals surface area contributed by atoms with E-state index in [2.05, 4.69) is 4.98 Å². The number of fused-ring (bicyclic) bond motifs is 1. The highest BCUT2D eigenvalue weighted by Gasteiger charge is 2.49. The van der Waals surface area contributed by atoms with E-state index in [1.807, 2.05) is 24.3 Å². The molecule has 1 aliphatic carbocycles. The molecule has 8 nitrogen and oxygen atoms in total. The number of anilines is 1. The summed E-state index contributed by atoms with van der Waals surface area (Å²) in [6.45, 7) is 0. The van der Waals surface area contributed by atoms with Crippen LogP contribution >= 0.6 is 0 Å². The number of benzene rings is 3. The number of rotatable bonds is 6. The van der Waals surface area contributed by atoms with E-state index in [1.54, 1.807) is 54.6 Å². The van der Waals surface area contributed by atoms with E-state index in [0.29, 0.717) is 35.6 Å². The zero-order chi connectivity index (χ0) is 27.0. The number of nitrogens with zero attached hydrogens (tertiary/aromatic N) is 3. The second kappa shape index (κ2) is 10.4. The van der Waals surface area contributed by atoms with Crippen molar-refractivity contribution in [3.05, 3.63) is 78.9 Å². The molecule has 0 spiro atoms. The fourth-order valence-electron chi connectivity index (χ4n) is 5.68. The van der Waals surface area contributed by atoms with E-state index < -0.39 is 27.9 Å². The number of hydrogen-bond acceptors (Lipinski definition) is 6. The van der Waals surface area contributed by atoms with Crippen LogP contribution in [0.4, 0.5) is 5.69 Å². The standard InChI is InChI=1S/C30H29N3O5S/c34-28-20-26(33(23-10-4-1-2-5-11-23)39(36,37)24-12-6-3-7-13-24)30(35)32(28)22-18-16-21(17-19-22)29-31-25-14-8-9-15-27(25)38-29/h3,6-9,12-19,23,26H,1-2,4-5,10-11,20H2. The van der Waals surface area contributed by atoms with Gasteiger partial charge in [0.25, 0.3) is 5.91 Å². The molecule has 39 heavy (non-hydrogen) atoms. The maximum atomic E-state index is 13.9. The summed E-state index contributed by atoms with van der Waals surface area (Å²) in [5.74, 6) is -0.493. The first-order valence-corrected chi connectivity index (χ1v) is 14.8. The lowest BCUT2D eigenvalue weighted by Gasteiger charge is -2.33. The molecule has 1 atom stereocenters. The van der Waals surface area contributed by atoms with Crippen LogP contribution in [0, 0.1) is 0 Å². The van der Waals surface area contributed by atoms with Crippen LogP contribution in [-0.2, 0) is 19.6 Å². The molecule has 1 aromatic heterocycles. The maximum Gasteiger partial charge on any atom is 0.252 e. The fraction of sp³-hybridized carbons (Fsp3) is 0.300. The molecule has 1 saturated heterocycles. The highest BCUT2D eigenvalue weighted by Crippen LogP contribution is 2.35. The van der Waals surface area contributed by atoms with Crippen LogP contribution in [0.3, 0.4) is 0 Å². The van der Waals surface area contributed by atoms with Crippen molar-refractivity contribution in [3.63, 3.8) is 0 Å². The van der Waals surface area contributed by atoms with E-state index in [0.717, 1.165) is 36.1 Å². The Morgan fingerprint density at radius 2 is 1.49 bits per heavy atom. The third-order valence-corrected chi connectivity index (χ3v) is 9.58. The van der Waals surface area contributed by atoms with Gasteiger partial charge in [0.1, 0.15) is 11.6 Å². The van der Waals surface area contributed by atoms with Gasteiger partial charge in [-0.2, -0.15) is 4.31 Å². The number of sulfonamides is 1. The van der Waals surface area contributed by atoms with Crippen LogP contribution in [-0.4, -0.2) is 41.6 Å². The third kappa shape index (κ3) is 4.77. The summed E-state index contributed by atoms with van der Waals surface area (Å²) in [4.78, 5) is 32.8. The van der Waals surface area contributed by atoms with Crippen molar-refractivity contribution in [3.8, 4) is 11.5 Å². The lowest BCUT2D eigenvalue weighted by molar-refractivity contribution is -0.122. The molecule has 1 unspecified atom stereocenters. The SMILES string of the molecule is O=C1CC(N(C2CCCCCC2)S(=O)(=O)c2ccccc2)C(=O)N1c1ccc(-c2nc3ccccc3o2)cc1. The van der Waals surface area contributed by atoms with Crippen LogP contribution in [0.25, 0.3) is 22.6 Å². The molecule has 3 aromatic carbocycles. The van der Waals surface area contributed by atoms with Gasteiger partial charge in [-0.25, -0.2) is 18.3 Å². The summed E-state index contributed by atoms with van der Waals surface area (Å²) in [6.07, 6.45) is 5.00. The van der Waals surface area contributed by atoms with Crippen LogP contribution < -0.4 is 4.90 Å². The van der Waals surface area contributed by atoms with E-state index >= 15 is 0 Å². The molecular weight excluding hydrogens is 514 g/mol. The van der Waals surface area contributed by atoms with E-state index in [-0.39, 0.29) is 17.4 Å². The second-order valence-corrected chi connectivity index (χ2v) is 12.0. The van der Waals surface area contributed by atoms with Crippen molar-refractivity contribution in [2.24, 2.45) is 0 Å². The summed E-state index contributed by atoms with van der Waals surface area (Å²) in [7, 11) is -4.00. The molecule has 2 fully saturated rings. The largest absolute Gasteiger partial charge is 0.436 e. The predicted octanol–water partition coefficient (Wildman–Crippen LogP) is 5.54. The topological polar surface area (TPSA) is 101 Å². The molecule has 6 rings (SSSR count). The first kappa shape index (κ1) is 25.5. The Kier molecular flexibility index (Phi) is 6.78. The van der Waals surface area contributed by atoms with Gasteiger partial charge in [-0.3, -0.25) is 9.59 Å². The molecule has 2 amide bonds. The van der Waals surface area contributed by atoms with Crippen LogP contribution in [0.15, 0.2) is 88.2 Å². The highest BCUT2D eigenvalue weighted by atomic mass is 32.2. The molecule has 2 heterocycles. The zero-order valence-electron chi connectivity index (χ0n) is 21.4. The lowest BCUT2D eigenvalue weighted by Crippen LogP contribution is -2.50. The molecule has 200 valence electrons. The fourth-order valence-corrected chi connectivity index (χ4v) is 7.53. The summed E-state index contributed by atoms with van der Waals surface area (Å²) in [5, 5.41) is 0. The van der Waals surface area contributed by atoms with Crippen molar-refractivity contribution in [1.82, 2.24) is 9.29 Å². The Labute approximate surface area is 227 Å². The van der Waals surface area contributed by atoms with Crippen molar-refractivity contribution in [2.75, 3.05) is 4.90 Å². The number of carbonyl (C=O) groups is 2. The monoisotopic (exact) mass is 543 g/mol. The van der Waals surface area contributed by atoms with E-state index in [4.69, 9.17) is 4.42 Å². The number of para-hydroxylation sites is 2. The van der Waals surface area contributed by atoms with Crippen molar-refractivity contribution in [2.45, 2.75) is 61.9 Å². The second-order valence-electron chi connectivity index (χ2n) is 10.1. The van der Waals surface area contributed by atoms with Gasteiger partial charge in [-0.05, 0) is 61.4 Å². The Bertz CT molecular complexity index is 1570. The normalized spacial score (nSPS) is 19.2. The van der Waals surface area contributed by atoms with Gasteiger partial charge in [-0.1, -0.05) is 56.0 Å². The highest BCUT2D eigenvalue weighted by molar-refractivity contribution is 7.89. The minimum Gasteiger partial charge on any atom is -0.436 e. The van der Waals surface area contributed by atoms with Gasteiger partial charge >= 0.3 is 0 Å². The Morgan fingerprint density at radius 1 is 0.821 bits per heavy atom. The van der Waals surface area contributed by atoms with Gasteiger partial charge in [0.2, 0.25) is 21.8 Å². The van der Waals surface area contributed by atoms with Gasteiger partial charge in [0, 0.05) is 11.6 Å². The Balaban J connectivity index is 1.31. The number of amides is 2. The molecule has 0 bridgehead atoms. The smallest absolute Gasteiger partial charge is 0.252 e. The number of carbonyl (C=O) groups excluding carboxylic acids is 2. The maximum absolute atomic E-state index is 13.9. The average Bonchev–Trinajstić information content (AvgIpc) is 3.38. The number of oxazole rings is 1. The van der Waals surface area contributed by atoms with E-state index in [9.17, 15) is 18.0 Å². The van der Waals surface area contributed by atoms with E-state index in [1.165, 1.54) is 4.31 Å². The molecule has 1 aliphatic heterocycles. The third-order valence-electron chi connectivity index (χ3n) is 7.60. The Hall–Kier alpha value is -3.82. The average molecular weight is 544 g/mol. The van der Waals surface area contributed by atoms with Crippen molar-refractivity contribution < 1.29 is 22.4 Å². The van der Waals surface area contributed by atoms with Gasteiger partial charge in [0.05, 0.1) is 17.0 Å². The first-order valence-electron chi connectivity index (χ1n) is 13.3. The quantitative estimate of drug-likeness (QED) is 0.234. The molecule has 0 radical (unpaired) electrons. The van der Waals surface area contributed by atoms with Crippen molar-refractivity contribution in [1.29, 1.82) is 0 Å². The van der Waals surface area contributed by atoms with Gasteiger partial charge < -0.3 is 4.42 Å². The first-order chi connectivity index (χ1) is 18.9. The van der Waals surface area contributed by atoms with Crippen LogP contribution in [0.2, 0.25) is 0 Å². The lowest BCUT2D eigenvalue weighted by atomic mass is 10.1. The molecule has 0 N–H and O–H groups in total. The number of imide groups is 1. The number of aromatic nitrogens is 1. The Morgan fingerprint density at radius 3 is 2.18 bits per heavy atom. The predicted molar refractivity (Wildman–Crippen MR) is 147 cm³/mol. The number of hydrogen-bond donors (Lipinski definition) is 0. The van der Waals surface area contributed by atoms with Crippen molar-refractivity contribution >= 4 is 38.6 Å². The minimum atomic E-state index is -4.00. The summed E-state index contributed by atoms with van der Waals surface area (Å²) in [5.41, 5.74) is 2.51. The summed E-state index contributed by atoms with van der Waals surface area (Å²) < 4.78 is 35.0. The molecule has 9 heteroatoms. The molecule has 2 aliphatic rings. The zero-order valence-corrected chi connectivity index (χ0v) is 22.2. The molecular formula is C30H29N3O5S. The molecule has 1 saturated carbocycles.